The minimum absolute atomic E-state index is 0.0528. The molecule has 3 heterocycles. The van der Waals surface area contributed by atoms with E-state index in [4.69, 9.17) is 0 Å². The number of nitrogens with zero attached hydrogens (tertiary/aromatic N) is 3. The Morgan fingerprint density at radius 3 is 3.05 bits per heavy atom. The van der Waals surface area contributed by atoms with E-state index in [1.165, 1.54) is 0 Å². The lowest BCUT2D eigenvalue weighted by Crippen LogP contribution is -2.37. The number of nitrogens with one attached hydrogen (secondary N) is 2. The first-order valence-electron chi connectivity index (χ1n) is 6.79. The molecule has 3 rings (SSSR count). The average Bonchev–Trinajstić information content (AvgIpc) is 3.03. The van der Waals surface area contributed by atoms with Crippen LogP contribution in [-0.4, -0.2) is 33.5 Å². The lowest BCUT2D eigenvalue weighted by atomic mass is 9.99. The van der Waals surface area contributed by atoms with Gasteiger partial charge in [-0.1, -0.05) is 0 Å². The van der Waals surface area contributed by atoms with E-state index >= 15 is 0 Å². The van der Waals surface area contributed by atoms with Gasteiger partial charge in [-0.15, -0.1) is 0 Å². The van der Waals surface area contributed by atoms with Gasteiger partial charge in [-0.05, 0) is 31.5 Å². The maximum atomic E-state index is 12.1. The van der Waals surface area contributed by atoms with Crippen LogP contribution in [0.25, 0.3) is 5.82 Å². The van der Waals surface area contributed by atoms with E-state index in [1.807, 2.05) is 22.9 Å². The smallest absolute Gasteiger partial charge is 0.228 e. The van der Waals surface area contributed by atoms with Crippen molar-refractivity contribution in [1.29, 1.82) is 0 Å². The quantitative estimate of drug-likeness (QED) is 0.880. The van der Waals surface area contributed by atoms with Crippen LogP contribution in [0.15, 0.2) is 37.1 Å². The number of imidazole rings is 1. The van der Waals surface area contributed by atoms with Gasteiger partial charge in [0.25, 0.3) is 0 Å². The van der Waals surface area contributed by atoms with Gasteiger partial charge < -0.3 is 10.6 Å². The zero-order valence-corrected chi connectivity index (χ0v) is 11.1. The van der Waals surface area contributed by atoms with Gasteiger partial charge in [-0.25, -0.2) is 9.97 Å². The van der Waals surface area contributed by atoms with Crippen LogP contribution < -0.4 is 10.6 Å². The molecular weight excluding hydrogens is 254 g/mol. The summed E-state index contributed by atoms with van der Waals surface area (Å²) < 4.78 is 1.82. The first kappa shape index (κ1) is 12.8. The molecular formula is C14H17N5O. The number of pyridine rings is 1. The Balaban J connectivity index is 1.64. The fraction of sp³-hybridized carbons (Fsp3) is 0.357. The summed E-state index contributed by atoms with van der Waals surface area (Å²) in [6, 6.07) is 3.72. The highest BCUT2D eigenvalue weighted by Gasteiger charge is 2.20. The number of aromatic nitrogens is 3. The molecule has 0 aromatic carbocycles. The second-order valence-corrected chi connectivity index (χ2v) is 4.91. The zero-order chi connectivity index (χ0) is 13.8. The SMILES string of the molecule is O=C(Nc1ccc(-n2ccnc2)nc1)[C@H]1CCCNC1. The van der Waals surface area contributed by atoms with Crippen molar-refractivity contribution >= 4 is 11.6 Å². The van der Waals surface area contributed by atoms with E-state index in [2.05, 4.69) is 20.6 Å². The molecule has 2 aromatic rings. The normalized spacial score (nSPS) is 18.7. The van der Waals surface area contributed by atoms with E-state index in [1.54, 1.807) is 18.7 Å². The maximum Gasteiger partial charge on any atom is 0.228 e. The molecule has 6 heteroatoms. The van der Waals surface area contributed by atoms with Gasteiger partial charge in [0, 0.05) is 18.9 Å². The Morgan fingerprint density at radius 2 is 2.40 bits per heavy atom. The third-order valence-electron chi connectivity index (χ3n) is 3.45. The fourth-order valence-corrected chi connectivity index (χ4v) is 2.33. The van der Waals surface area contributed by atoms with Gasteiger partial charge >= 0.3 is 0 Å². The second-order valence-electron chi connectivity index (χ2n) is 4.91. The van der Waals surface area contributed by atoms with Crippen molar-refractivity contribution in [3.63, 3.8) is 0 Å². The number of hydrogen-bond acceptors (Lipinski definition) is 4. The lowest BCUT2D eigenvalue weighted by Gasteiger charge is -2.21. The van der Waals surface area contributed by atoms with Crippen LogP contribution in [0, 0.1) is 5.92 Å². The number of anilines is 1. The summed E-state index contributed by atoms with van der Waals surface area (Å²) in [5.74, 6) is 0.895. The summed E-state index contributed by atoms with van der Waals surface area (Å²) in [4.78, 5) is 20.4. The van der Waals surface area contributed by atoms with Crippen molar-refractivity contribution in [3.05, 3.63) is 37.1 Å². The highest BCUT2D eigenvalue weighted by atomic mass is 16.1. The summed E-state index contributed by atoms with van der Waals surface area (Å²) in [7, 11) is 0. The number of carbonyl (C=O) groups is 1. The molecule has 0 saturated carbocycles. The van der Waals surface area contributed by atoms with Crippen LogP contribution in [0.1, 0.15) is 12.8 Å². The van der Waals surface area contributed by atoms with Crippen LogP contribution >= 0.6 is 0 Å². The summed E-state index contributed by atoms with van der Waals surface area (Å²) in [6.07, 6.45) is 8.88. The Kier molecular flexibility index (Phi) is 3.73. The molecule has 1 saturated heterocycles. The molecule has 0 radical (unpaired) electrons. The molecule has 1 aliphatic rings. The molecule has 1 atom stereocenters. The molecule has 1 fully saturated rings. The van der Waals surface area contributed by atoms with Gasteiger partial charge in [0.15, 0.2) is 0 Å². The van der Waals surface area contributed by atoms with E-state index in [9.17, 15) is 4.79 Å². The minimum Gasteiger partial charge on any atom is -0.324 e. The number of hydrogen-bond donors (Lipinski definition) is 2. The van der Waals surface area contributed by atoms with Crippen LogP contribution in [0.3, 0.4) is 0 Å². The molecule has 20 heavy (non-hydrogen) atoms. The zero-order valence-electron chi connectivity index (χ0n) is 11.1. The van der Waals surface area contributed by atoms with Gasteiger partial charge in [-0.3, -0.25) is 9.36 Å². The minimum atomic E-state index is 0.0528. The van der Waals surface area contributed by atoms with Gasteiger partial charge in [0.05, 0.1) is 17.8 Å². The molecule has 0 unspecified atom stereocenters. The predicted molar refractivity (Wildman–Crippen MR) is 75.6 cm³/mol. The van der Waals surface area contributed by atoms with Crippen molar-refractivity contribution in [2.45, 2.75) is 12.8 Å². The molecule has 2 N–H and O–H groups in total. The lowest BCUT2D eigenvalue weighted by molar-refractivity contribution is -0.120. The van der Waals surface area contributed by atoms with Crippen molar-refractivity contribution in [2.75, 3.05) is 18.4 Å². The van der Waals surface area contributed by atoms with E-state index in [0.717, 1.165) is 37.4 Å². The number of amides is 1. The first-order chi connectivity index (χ1) is 9.83. The second kappa shape index (κ2) is 5.83. The standard InChI is InChI=1S/C14H17N5O/c20-14(11-2-1-5-15-8-11)18-12-3-4-13(17-9-12)19-7-6-16-10-19/h3-4,6-7,9-11,15H,1-2,5,8H2,(H,18,20)/t11-/m0/s1. The van der Waals surface area contributed by atoms with E-state index < -0.39 is 0 Å². The molecule has 1 amide bonds. The largest absolute Gasteiger partial charge is 0.324 e. The van der Waals surface area contributed by atoms with Gasteiger partial charge in [0.1, 0.15) is 12.1 Å². The number of piperidine rings is 1. The average molecular weight is 271 g/mol. The molecule has 0 spiro atoms. The van der Waals surface area contributed by atoms with Crippen LogP contribution in [0.2, 0.25) is 0 Å². The maximum absolute atomic E-state index is 12.1. The van der Waals surface area contributed by atoms with Crippen LogP contribution in [0.4, 0.5) is 5.69 Å². The summed E-state index contributed by atoms with van der Waals surface area (Å²) in [6.45, 7) is 1.76. The topological polar surface area (TPSA) is 71.8 Å². The summed E-state index contributed by atoms with van der Waals surface area (Å²) in [5.41, 5.74) is 0.726. The third kappa shape index (κ3) is 2.85. The Labute approximate surface area is 117 Å². The Morgan fingerprint density at radius 1 is 1.45 bits per heavy atom. The molecule has 0 bridgehead atoms. The highest BCUT2D eigenvalue weighted by Crippen LogP contribution is 2.14. The van der Waals surface area contributed by atoms with Gasteiger partial charge in [-0.2, -0.15) is 0 Å². The number of rotatable bonds is 3. The molecule has 104 valence electrons. The summed E-state index contributed by atoms with van der Waals surface area (Å²) >= 11 is 0. The Hall–Kier alpha value is -2.21. The summed E-state index contributed by atoms with van der Waals surface area (Å²) in [5, 5.41) is 6.16. The first-order valence-corrected chi connectivity index (χ1v) is 6.79. The molecule has 0 aliphatic carbocycles. The van der Waals surface area contributed by atoms with Crippen molar-refractivity contribution in [3.8, 4) is 5.82 Å². The van der Waals surface area contributed by atoms with Crippen LogP contribution in [-0.2, 0) is 4.79 Å². The van der Waals surface area contributed by atoms with Crippen molar-refractivity contribution in [1.82, 2.24) is 19.9 Å². The molecule has 6 nitrogen and oxygen atoms in total. The monoisotopic (exact) mass is 271 g/mol. The molecule has 1 aliphatic heterocycles. The van der Waals surface area contributed by atoms with Crippen molar-refractivity contribution in [2.24, 2.45) is 5.92 Å². The predicted octanol–water partition coefficient (Wildman–Crippen LogP) is 1.21. The third-order valence-corrected chi connectivity index (χ3v) is 3.45. The van der Waals surface area contributed by atoms with E-state index in [0.29, 0.717) is 0 Å². The Bertz CT molecular complexity index is 558. The molecule has 2 aromatic heterocycles. The van der Waals surface area contributed by atoms with Crippen molar-refractivity contribution < 1.29 is 4.79 Å². The highest BCUT2D eigenvalue weighted by molar-refractivity contribution is 5.92. The fourth-order valence-electron chi connectivity index (χ4n) is 2.33. The number of carbonyl (C=O) groups excluding carboxylic acids is 1. The van der Waals surface area contributed by atoms with Gasteiger partial charge in [0.2, 0.25) is 5.91 Å². The van der Waals surface area contributed by atoms with E-state index in [-0.39, 0.29) is 11.8 Å². The van der Waals surface area contributed by atoms with Crippen LogP contribution in [0.5, 0.6) is 0 Å².